The van der Waals surface area contributed by atoms with E-state index >= 15 is 0 Å². The zero-order valence-corrected chi connectivity index (χ0v) is 15.8. The molecule has 1 unspecified atom stereocenters. The lowest BCUT2D eigenvalue weighted by Crippen LogP contribution is -2.31. The monoisotopic (exact) mass is 378 g/mol. The molecule has 1 atom stereocenters. The fourth-order valence-electron chi connectivity index (χ4n) is 3.80. The first kappa shape index (κ1) is 18.3. The van der Waals surface area contributed by atoms with Crippen LogP contribution in [0.2, 0.25) is 0 Å². The number of para-hydroxylation sites is 1. The molecule has 1 aliphatic rings. The summed E-state index contributed by atoms with van der Waals surface area (Å²) >= 11 is 0. The van der Waals surface area contributed by atoms with E-state index in [1.807, 2.05) is 6.07 Å². The smallest absolute Gasteiger partial charge is 0.254 e. The lowest BCUT2D eigenvalue weighted by molar-refractivity contribution is 0.0952. The molecule has 2 aromatic carbocycles. The van der Waals surface area contributed by atoms with E-state index in [1.54, 1.807) is 30.5 Å². The number of hydrogen-bond acceptors (Lipinski definition) is 3. The van der Waals surface area contributed by atoms with Gasteiger partial charge in [0.1, 0.15) is 11.6 Å². The number of fused-ring (bicyclic) bond motifs is 1. The van der Waals surface area contributed by atoms with Gasteiger partial charge in [-0.25, -0.2) is 4.39 Å². The Kier molecular flexibility index (Phi) is 5.15. The number of amides is 1. The fraction of sp³-hybridized carbons (Fsp3) is 0.261. The van der Waals surface area contributed by atoms with E-state index in [0.29, 0.717) is 42.4 Å². The molecule has 0 saturated heterocycles. The number of rotatable bonds is 6. The number of halogens is 1. The van der Waals surface area contributed by atoms with Gasteiger partial charge in [0.15, 0.2) is 0 Å². The highest BCUT2D eigenvalue weighted by molar-refractivity contribution is 5.95. The maximum atomic E-state index is 13.7. The number of benzene rings is 2. The van der Waals surface area contributed by atoms with E-state index in [1.165, 1.54) is 17.3 Å². The van der Waals surface area contributed by atoms with Crippen LogP contribution in [0.4, 0.5) is 10.1 Å². The molecule has 1 N–H and O–H groups in total. The van der Waals surface area contributed by atoms with Crippen molar-refractivity contribution in [2.24, 2.45) is 0 Å². The molecule has 0 radical (unpaired) electrons. The topological polar surface area (TPSA) is 45.5 Å². The van der Waals surface area contributed by atoms with Crippen LogP contribution in [0.1, 0.15) is 34.2 Å². The van der Waals surface area contributed by atoms with Gasteiger partial charge in [0.2, 0.25) is 0 Å². The van der Waals surface area contributed by atoms with Gasteiger partial charge in [0, 0.05) is 18.3 Å². The summed E-state index contributed by atoms with van der Waals surface area (Å²) in [6, 6.07) is 17.0. The first-order chi connectivity index (χ1) is 13.6. The molecule has 4 nitrogen and oxygen atoms in total. The first-order valence-corrected chi connectivity index (χ1v) is 9.56. The van der Waals surface area contributed by atoms with Gasteiger partial charge in [0.05, 0.1) is 18.4 Å². The number of nitrogens with one attached hydrogen (secondary N) is 1. The lowest BCUT2D eigenvalue weighted by Gasteiger charge is -2.24. The van der Waals surface area contributed by atoms with Crippen molar-refractivity contribution in [2.75, 3.05) is 11.4 Å². The maximum absolute atomic E-state index is 13.7. The van der Waals surface area contributed by atoms with E-state index in [2.05, 4.69) is 35.3 Å². The van der Waals surface area contributed by atoms with E-state index in [-0.39, 0.29) is 11.7 Å². The van der Waals surface area contributed by atoms with Gasteiger partial charge in [-0.2, -0.15) is 0 Å². The van der Waals surface area contributed by atoms with Gasteiger partial charge >= 0.3 is 0 Å². The molecule has 3 aromatic rings. The Morgan fingerprint density at radius 1 is 1.18 bits per heavy atom. The molecule has 1 aromatic heterocycles. The number of carbonyl (C=O) groups excluding carboxylic acids is 1. The van der Waals surface area contributed by atoms with Crippen molar-refractivity contribution in [3.8, 4) is 0 Å². The molecule has 28 heavy (non-hydrogen) atoms. The average molecular weight is 378 g/mol. The van der Waals surface area contributed by atoms with Gasteiger partial charge in [-0.1, -0.05) is 36.4 Å². The van der Waals surface area contributed by atoms with Crippen LogP contribution in [0.3, 0.4) is 0 Å². The lowest BCUT2D eigenvalue weighted by atomic mass is 10.1. The summed E-state index contributed by atoms with van der Waals surface area (Å²) < 4.78 is 19.3. The summed E-state index contributed by atoms with van der Waals surface area (Å²) in [6.07, 6.45) is 2.98. The second-order valence-electron chi connectivity index (χ2n) is 7.16. The third-order valence-electron chi connectivity index (χ3n) is 5.29. The van der Waals surface area contributed by atoms with Crippen LogP contribution in [0.5, 0.6) is 0 Å². The zero-order valence-electron chi connectivity index (χ0n) is 15.8. The number of nitrogens with zero attached hydrogens (tertiary/aromatic N) is 1. The van der Waals surface area contributed by atoms with Crippen LogP contribution in [-0.4, -0.2) is 18.5 Å². The fourth-order valence-corrected chi connectivity index (χ4v) is 3.80. The highest BCUT2D eigenvalue weighted by atomic mass is 19.1. The van der Waals surface area contributed by atoms with Crippen LogP contribution in [0.15, 0.2) is 65.3 Å². The van der Waals surface area contributed by atoms with Crippen LogP contribution in [-0.2, 0) is 19.4 Å². The Hall–Kier alpha value is -3.08. The Morgan fingerprint density at radius 3 is 2.82 bits per heavy atom. The SMILES string of the molecule is CC1Cc2ccccc2N1Cc1occc1C(=O)NCCc1ccccc1F. The summed E-state index contributed by atoms with van der Waals surface area (Å²) in [5.41, 5.74) is 3.64. The Bertz CT molecular complexity index is 982. The summed E-state index contributed by atoms with van der Waals surface area (Å²) in [7, 11) is 0. The number of furan rings is 1. The quantitative estimate of drug-likeness (QED) is 0.694. The van der Waals surface area contributed by atoms with Crippen molar-refractivity contribution < 1.29 is 13.6 Å². The van der Waals surface area contributed by atoms with Crippen LogP contribution in [0, 0.1) is 5.82 Å². The third-order valence-corrected chi connectivity index (χ3v) is 5.29. The molecule has 0 saturated carbocycles. The minimum atomic E-state index is -0.248. The normalized spacial score (nSPS) is 15.5. The molecule has 0 fully saturated rings. The molecule has 0 bridgehead atoms. The third kappa shape index (κ3) is 3.65. The van der Waals surface area contributed by atoms with Crippen molar-refractivity contribution >= 4 is 11.6 Å². The minimum Gasteiger partial charge on any atom is -0.467 e. The predicted molar refractivity (Wildman–Crippen MR) is 107 cm³/mol. The van der Waals surface area contributed by atoms with Crippen molar-refractivity contribution in [1.82, 2.24) is 5.32 Å². The Labute approximate surface area is 164 Å². The van der Waals surface area contributed by atoms with E-state index in [9.17, 15) is 9.18 Å². The maximum Gasteiger partial charge on any atom is 0.254 e. The Balaban J connectivity index is 1.41. The standard InChI is InChI=1S/C23H23FN2O2/c1-16-14-18-7-3-5-9-21(18)26(16)15-22-19(11-13-28-22)23(27)25-12-10-17-6-2-4-8-20(17)24/h2-9,11,13,16H,10,12,14-15H2,1H3,(H,25,27). The summed E-state index contributed by atoms with van der Waals surface area (Å²) in [6.45, 7) is 3.09. The largest absolute Gasteiger partial charge is 0.467 e. The first-order valence-electron chi connectivity index (χ1n) is 9.56. The number of anilines is 1. The van der Waals surface area contributed by atoms with Gasteiger partial charge in [-0.15, -0.1) is 0 Å². The summed E-state index contributed by atoms with van der Waals surface area (Å²) in [5.74, 6) is 0.203. The molecule has 2 heterocycles. The molecule has 1 aliphatic heterocycles. The van der Waals surface area contributed by atoms with Crippen LogP contribution in [0.25, 0.3) is 0 Å². The van der Waals surface area contributed by atoms with Crippen molar-refractivity contribution in [1.29, 1.82) is 0 Å². The van der Waals surface area contributed by atoms with Gasteiger partial charge in [0.25, 0.3) is 5.91 Å². The Morgan fingerprint density at radius 2 is 1.96 bits per heavy atom. The highest BCUT2D eigenvalue weighted by Gasteiger charge is 2.27. The molecule has 1 amide bonds. The minimum absolute atomic E-state index is 0.194. The van der Waals surface area contributed by atoms with E-state index in [4.69, 9.17) is 4.42 Å². The molecular formula is C23H23FN2O2. The molecule has 0 spiro atoms. The second kappa shape index (κ2) is 7.89. The van der Waals surface area contributed by atoms with Gasteiger partial charge < -0.3 is 14.6 Å². The van der Waals surface area contributed by atoms with Gasteiger partial charge in [-0.3, -0.25) is 4.79 Å². The number of hydrogen-bond donors (Lipinski definition) is 1. The van der Waals surface area contributed by atoms with Crippen LogP contribution >= 0.6 is 0 Å². The second-order valence-corrected chi connectivity index (χ2v) is 7.16. The molecular weight excluding hydrogens is 355 g/mol. The molecule has 0 aliphatic carbocycles. The summed E-state index contributed by atoms with van der Waals surface area (Å²) in [4.78, 5) is 14.9. The average Bonchev–Trinajstić information content (AvgIpc) is 3.28. The summed E-state index contributed by atoms with van der Waals surface area (Å²) in [5, 5.41) is 2.87. The van der Waals surface area contributed by atoms with Crippen LogP contribution < -0.4 is 10.2 Å². The highest BCUT2D eigenvalue weighted by Crippen LogP contribution is 2.33. The molecule has 5 heteroatoms. The van der Waals surface area contributed by atoms with E-state index < -0.39 is 0 Å². The van der Waals surface area contributed by atoms with E-state index in [0.717, 1.165) is 6.42 Å². The van der Waals surface area contributed by atoms with Crippen molar-refractivity contribution in [2.45, 2.75) is 32.4 Å². The van der Waals surface area contributed by atoms with Gasteiger partial charge in [-0.05, 0) is 49.1 Å². The molecule has 144 valence electrons. The zero-order chi connectivity index (χ0) is 19.5. The number of carbonyl (C=O) groups is 1. The van der Waals surface area contributed by atoms with Crippen molar-refractivity contribution in [3.63, 3.8) is 0 Å². The predicted octanol–water partition coefficient (Wildman–Crippen LogP) is 4.34. The molecule has 4 rings (SSSR count). The van der Waals surface area contributed by atoms with Crippen molar-refractivity contribution in [3.05, 3.63) is 89.1 Å².